The number of nitrogens with zero attached hydrogens (tertiary/aromatic N) is 2. The minimum Gasteiger partial charge on any atom is -0.466 e. The van der Waals surface area contributed by atoms with Gasteiger partial charge in [0.2, 0.25) is 0 Å². The molecule has 1 aromatic carbocycles. The number of cyclic esters (lactones) is 1. The molecule has 6 nitrogen and oxygen atoms in total. The Morgan fingerprint density at radius 3 is 2.48 bits per heavy atom. The van der Waals surface area contributed by atoms with Crippen molar-refractivity contribution in [2.45, 2.75) is 51.6 Å². The standard InChI is InChI=1S/C19H25N3O3/c1-12-9-16-17(10-13(12)2)22(19(24)20-16)14-3-6-21(7-4-14)15-5-8-25-18(23)11-15/h9-10,14-15H,3-8,11H2,1-2H3,(H,20,24). The summed E-state index contributed by atoms with van der Waals surface area (Å²) in [5, 5.41) is 0. The number of nitrogens with one attached hydrogen (secondary N) is 1. The molecule has 4 rings (SSSR count). The van der Waals surface area contributed by atoms with Gasteiger partial charge in [-0.1, -0.05) is 0 Å². The van der Waals surface area contributed by atoms with Crippen molar-refractivity contribution in [3.05, 3.63) is 33.7 Å². The van der Waals surface area contributed by atoms with Gasteiger partial charge in [-0.15, -0.1) is 0 Å². The number of H-pyrrole nitrogens is 1. The summed E-state index contributed by atoms with van der Waals surface area (Å²) in [5.41, 5.74) is 4.32. The second kappa shape index (κ2) is 6.33. The summed E-state index contributed by atoms with van der Waals surface area (Å²) in [5.74, 6) is -0.0860. The zero-order chi connectivity index (χ0) is 17.6. The molecule has 1 unspecified atom stereocenters. The SMILES string of the molecule is Cc1cc2[nH]c(=O)n(C3CCN(C4CCOC(=O)C4)CC3)c2cc1C. The highest BCUT2D eigenvalue weighted by Crippen LogP contribution is 2.28. The predicted octanol–water partition coefficient (Wildman–Crippen LogP) is 2.29. The average molecular weight is 343 g/mol. The zero-order valence-corrected chi connectivity index (χ0v) is 14.9. The van der Waals surface area contributed by atoms with Crippen molar-refractivity contribution in [1.29, 1.82) is 0 Å². The molecule has 0 saturated carbocycles. The maximum absolute atomic E-state index is 12.5. The van der Waals surface area contributed by atoms with Gasteiger partial charge in [-0.3, -0.25) is 14.3 Å². The Bertz CT molecular complexity index is 859. The lowest BCUT2D eigenvalue weighted by Gasteiger charge is -2.38. The van der Waals surface area contributed by atoms with Gasteiger partial charge >= 0.3 is 11.7 Å². The number of hydrogen-bond donors (Lipinski definition) is 1. The van der Waals surface area contributed by atoms with Gasteiger partial charge in [0, 0.05) is 25.2 Å². The van der Waals surface area contributed by atoms with E-state index >= 15 is 0 Å². The number of piperidine rings is 1. The smallest absolute Gasteiger partial charge is 0.326 e. The summed E-state index contributed by atoms with van der Waals surface area (Å²) in [4.78, 5) is 29.4. The van der Waals surface area contributed by atoms with E-state index in [0.717, 1.165) is 43.4 Å². The van der Waals surface area contributed by atoms with Crippen LogP contribution in [0.25, 0.3) is 11.0 Å². The van der Waals surface area contributed by atoms with Gasteiger partial charge in [0.25, 0.3) is 0 Å². The van der Waals surface area contributed by atoms with Crippen LogP contribution in [0.1, 0.15) is 42.9 Å². The number of rotatable bonds is 2. The highest BCUT2D eigenvalue weighted by atomic mass is 16.5. The van der Waals surface area contributed by atoms with E-state index in [4.69, 9.17) is 4.74 Å². The Kier molecular flexibility index (Phi) is 4.15. The number of likely N-dealkylation sites (tertiary alicyclic amines) is 1. The third kappa shape index (κ3) is 2.99. The molecule has 3 heterocycles. The molecular weight excluding hydrogens is 318 g/mol. The van der Waals surface area contributed by atoms with Crippen molar-refractivity contribution < 1.29 is 9.53 Å². The van der Waals surface area contributed by atoms with Gasteiger partial charge < -0.3 is 9.72 Å². The molecule has 0 amide bonds. The van der Waals surface area contributed by atoms with Gasteiger partial charge in [0.05, 0.1) is 24.1 Å². The van der Waals surface area contributed by atoms with Crippen LogP contribution in [-0.4, -0.2) is 46.2 Å². The number of aryl methyl sites for hydroxylation is 2. The van der Waals surface area contributed by atoms with E-state index in [0.29, 0.717) is 19.1 Å². The largest absolute Gasteiger partial charge is 0.466 e. The molecule has 25 heavy (non-hydrogen) atoms. The third-order valence-electron chi connectivity index (χ3n) is 5.83. The summed E-state index contributed by atoms with van der Waals surface area (Å²) in [6.45, 7) is 6.53. The average Bonchev–Trinajstić information content (AvgIpc) is 2.90. The van der Waals surface area contributed by atoms with Crippen LogP contribution in [0, 0.1) is 13.8 Å². The Morgan fingerprint density at radius 1 is 1.04 bits per heavy atom. The molecule has 6 heteroatoms. The Balaban J connectivity index is 1.54. The van der Waals surface area contributed by atoms with Crippen LogP contribution < -0.4 is 5.69 Å². The number of aromatic amines is 1. The predicted molar refractivity (Wildman–Crippen MR) is 95.9 cm³/mol. The molecule has 1 atom stereocenters. The van der Waals surface area contributed by atoms with Crippen LogP contribution in [0.4, 0.5) is 0 Å². The van der Waals surface area contributed by atoms with Crippen molar-refractivity contribution in [3.63, 3.8) is 0 Å². The minimum atomic E-state index is -0.0860. The Labute approximate surface area is 146 Å². The van der Waals surface area contributed by atoms with E-state index in [9.17, 15) is 9.59 Å². The number of esters is 1. The second-order valence-electron chi connectivity index (χ2n) is 7.39. The van der Waals surface area contributed by atoms with Crippen molar-refractivity contribution >= 4 is 17.0 Å². The zero-order valence-electron chi connectivity index (χ0n) is 14.9. The molecule has 1 aromatic heterocycles. The summed E-state index contributed by atoms with van der Waals surface area (Å²) in [6.07, 6.45) is 3.29. The van der Waals surface area contributed by atoms with Gasteiger partial charge in [0.1, 0.15) is 0 Å². The van der Waals surface area contributed by atoms with Crippen molar-refractivity contribution in [2.75, 3.05) is 19.7 Å². The van der Waals surface area contributed by atoms with Crippen LogP contribution >= 0.6 is 0 Å². The van der Waals surface area contributed by atoms with Gasteiger partial charge in [0.15, 0.2) is 0 Å². The van der Waals surface area contributed by atoms with Gasteiger partial charge in [-0.25, -0.2) is 4.79 Å². The van der Waals surface area contributed by atoms with Crippen LogP contribution in [0.2, 0.25) is 0 Å². The maximum atomic E-state index is 12.5. The van der Waals surface area contributed by atoms with Crippen LogP contribution in [0.15, 0.2) is 16.9 Å². The lowest BCUT2D eigenvalue weighted by atomic mass is 9.99. The minimum absolute atomic E-state index is 0.0142. The van der Waals surface area contributed by atoms with Crippen molar-refractivity contribution in [1.82, 2.24) is 14.5 Å². The number of benzene rings is 1. The summed E-state index contributed by atoms with van der Waals surface area (Å²) in [7, 11) is 0. The molecule has 1 N–H and O–H groups in total. The fourth-order valence-electron chi connectivity index (χ4n) is 4.23. The molecule has 2 aliphatic heterocycles. The first-order valence-corrected chi connectivity index (χ1v) is 9.14. The molecule has 0 radical (unpaired) electrons. The fraction of sp³-hybridized carbons (Fsp3) is 0.579. The highest BCUT2D eigenvalue weighted by Gasteiger charge is 2.31. The maximum Gasteiger partial charge on any atom is 0.326 e. The second-order valence-corrected chi connectivity index (χ2v) is 7.39. The lowest BCUT2D eigenvalue weighted by molar-refractivity contribution is -0.150. The number of imidazole rings is 1. The Hall–Kier alpha value is -2.08. The lowest BCUT2D eigenvalue weighted by Crippen LogP contribution is -2.46. The summed E-state index contributed by atoms with van der Waals surface area (Å²) < 4.78 is 6.99. The summed E-state index contributed by atoms with van der Waals surface area (Å²) in [6, 6.07) is 4.69. The number of hydrogen-bond acceptors (Lipinski definition) is 4. The number of ether oxygens (including phenoxy) is 1. The number of carbonyl (C=O) groups excluding carboxylic acids is 1. The highest BCUT2D eigenvalue weighted by molar-refractivity contribution is 5.77. The first-order chi connectivity index (χ1) is 12.0. The number of carbonyl (C=O) groups is 1. The van der Waals surface area contributed by atoms with Crippen molar-refractivity contribution in [3.8, 4) is 0 Å². The Morgan fingerprint density at radius 2 is 1.76 bits per heavy atom. The molecule has 0 aliphatic carbocycles. The summed E-state index contributed by atoms with van der Waals surface area (Å²) >= 11 is 0. The van der Waals surface area contributed by atoms with E-state index in [1.54, 1.807) is 0 Å². The molecule has 0 bridgehead atoms. The van der Waals surface area contributed by atoms with Crippen LogP contribution in [0.3, 0.4) is 0 Å². The van der Waals surface area contributed by atoms with E-state index in [1.165, 1.54) is 11.1 Å². The molecule has 2 aromatic rings. The van der Waals surface area contributed by atoms with Gasteiger partial charge in [-0.2, -0.15) is 0 Å². The fourth-order valence-corrected chi connectivity index (χ4v) is 4.23. The van der Waals surface area contributed by atoms with Crippen LogP contribution in [-0.2, 0) is 9.53 Å². The van der Waals surface area contributed by atoms with Crippen molar-refractivity contribution in [2.24, 2.45) is 0 Å². The normalized spacial score (nSPS) is 23.1. The van der Waals surface area contributed by atoms with Gasteiger partial charge in [-0.05, 0) is 56.4 Å². The monoisotopic (exact) mass is 343 g/mol. The van der Waals surface area contributed by atoms with E-state index in [2.05, 4.69) is 35.9 Å². The molecule has 0 spiro atoms. The van der Waals surface area contributed by atoms with E-state index in [-0.39, 0.29) is 17.7 Å². The number of aromatic nitrogens is 2. The van der Waals surface area contributed by atoms with E-state index in [1.807, 2.05) is 4.57 Å². The molecule has 134 valence electrons. The molecule has 2 saturated heterocycles. The number of fused-ring (bicyclic) bond motifs is 1. The van der Waals surface area contributed by atoms with E-state index < -0.39 is 0 Å². The topological polar surface area (TPSA) is 67.3 Å². The van der Waals surface area contributed by atoms with Crippen LogP contribution in [0.5, 0.6) is 0 Å². The molecular formula is C19H25N3O3. The first kappa shape index (κ1) is 16.4. The molecule has 2 fully saturated rings. The third-order valence-corrected chi connectivity index (χ3v) is 5.83. The first-order valence-electron chi connectivity index (χ1n) is 9.14. The quantitative estimate of drug-likeness (QED) is 0.850. The molecule has 2 aliphatic rings.